The molecule has 0 saturated heterocycles. The minimum Gasteiger partial charge on any atom is -0.331 e. The highest BCUT2D eigenvalue weighted by atomic mass is 79.9. The Labute approximate surface area is 160 Å². The number of pyridine rings is 1. The summed E-state index contributed by atoms with van der Waals surface area (Å²) in [6.45, 7) is 1.90. The van der Waals surface area contributed by atoms with E-state index < -0.39 is 0 Å². The maximum absolute atomic E-state index is 12.1. The number of nitrogens with zero attached hydrogens (tertiary/aromatic N) is 2. The van der Waals surface area contributed by atoms with Gasteiger partial charge in [-0.25, -0.2) is 9.97 Å². The van der Waals surface area contributed by atoms with Crippen molar-refractivity contribution in [3.05, 3.63) is 44.5 Å². The fraction of sp³-hybridized carbons (Fsp3) is 0.133. The molecule has 24 heavy (non-hydrogen) atoms. The van der Waals surface area contributed by atoms with Gasteiger partial charge in [-0.1, -0.05) is 35.0 Å². The second kappa shape index (κ2) is 7.31. The number of fused-ring (bicyclic) bond motifs is 1. The highest BCUT2D eigenvalue weighted by molar-refractivity contribution is 9.10. The van der Waals surface area contributed by atoms with Crippen LogP contribution in [0.25, 0.3) is 11.2 Å². The number of carbonyl (C=O) groups excluding carboxylic acids is 1. The summed E-state index contributed by atoms with van der Waals surface area (Å²) in [4.78, 5) is 24.0. The molecule has 0 aliphatic heterocycles. The first-order chi connectivity index (χ1) is 11.4. The molecule has 0 unspecified atom stereocenters. The van der Waals surface area contributed by atoms with E-state index in [0.29, 0.717) is 26.5 Å². The predicted octanol–water partition coefficient (Wildman–Crippen LogP) is 5.07. The molecular formula is C15H11BrCl2N4OS. The molecule has 2 N–H and O–H groups in total. The van der Waals surface area contributed by atoms with Crippen molar-refractivity contribution in [2.24, 2.45) is 0 Å². The van der Waals surface area contributed by atoms with Crippen molar-refractivity contribution >= 4 is 73.7 Å². The standard InChI is InChI=1S/C15H11BrCl2N4OS/c1-7-9(16)5-12-14(19-7)22-15(21-12)24-6-13(23)20-11-4-8(17)2-3-10(11)18/h2-5H,6H2,1H3,(H,20,23)(H,19,21,22). The minimum absolute atomic E-state index is 0.183. The van der Waals surface area contributed by atoms with Crippen LogP contribution in [0, 0.1) is 6.92 Å². The third-order valence-corrected chi connectivity index (χ3v) is 5.36. The fourth-order valence-electron chi connectivity index (χ4n) is 1.97. The molecule has 124 valence electrons. The summed E-state index contributed by atoms with van der Waals surface area (Å²) in [7, 11) is 0. The van der Waals surface area contributed by atoms with Gasteiger partial charge in [-0.15, -0.1) is 0 Å². The summed E-state index contributed by atoms with van der Waals surface area (Å²) < 4.78 is 0.906. The highest BCUT2D eigenvalue weighted by Crippen LogP contribution is 2.26. The van der Waals surface area contributed by atoms with Crippen LogP contribution >= 0.6 is 50.9 Å². The molecule has 0 atom stereocenters. The summed E-state index contributed by atoms with van der Waals surface area (Å²) in [5.74, 6) is -0.0158. The Hall–Kier alpha value is -1.28. The van der Waals surface area contributed by atoms with Crippen LogP contribution in [-0.4, -0.2) is 26.6 Å². The van der Waals surface area contributed by atoms with Gasteiger partial charge in [0, 0.05) is 9.50 Å². The van der Waals surface area contributed by atoms with Crippen molar-refractivity contribution in [2.45, 2.75) is 12.1 Å². The summed E-state index contributed by atoms with van der Waals surface area (Å²) >= 11 is 16.7. The Bertz CT molecular complexity index is 892. The van der Waals surface area contributed by atoms with E-state index in [2.05, 4.69) is 36.2 Å². The maximum Gasteiger partial charge on any atom is 0.234 e. The molecule has 0 bridgehead atoms. The number of carbonyl (C=O) groups is 1. The molecule has 3 rings (SSSR count). The van der Waals surface area contributed by atoms with E-state index in [1.165, 1.54) is 11.8 Å². The maximum atomic E-state index is 12.1. The number of amides is 1. The number of hydrogen-bond acceptors (Lipinski definition) is 4. The first-order valence-corrected chi connectivity index (χ1v) is 9.36. The van der Waals surface area contributed by atoms with E-state index in [0.717, 1.165) is 15.7 Å². The van der Waals surface area contributed by atoms with Crippen molar-refractivity contribution in [3.63, 3.8) is 0 Å². The average Bonchev–Trinajstić information content (AvgIpc) is 2.91. The van der Waals surface area contributed by atoms with Crippen LogP contribution in [-0.2, 0) is 4.79 Å². The predicted molar refractivity (Wildman–Crippen MR) is 102 cm³/mol. The molecule has 0 spiro atoms. The number of H-pyrrole nitrogens is 1. The largest absolute Gasteiger partial charge is 0.331 e. The second-order valence-electron chi connectivity index (χ2n) is 4.93. The van der Waals surface area contributed by atoms with E-state index in [1.807, 2.05) is 13.0 Å². The van der Waals surface area contributed by atoms with Crippen molar-refractivity contribution in [2.75, 3.05) is 11.1 Å². The topological polar surface area (TPSA) is 70.7 Å². The molecule has 0 saturated carbocycles. The lowest BCUT2D eigenvalue weighted by Gasteiger charge is -2.06. The second-order valence-corrected chi connectivity index (χ2v) is 7.59. The van der Waals surface area contributed by atoms with Crippen molar-refractivity contribution in [1.82, 2.24) is 15.0 Å². The van der Waals surface area contributed by atoms with Gasteiger partial charge in [0.1, 0.15) is 0 Å². The normalized spacial score (nSPS) is 11.0. The lowest BCUT2D eigenvalue weighted by atomic mass is 10.3. The number of aromatic nitrogens is 3. The Morgan fingerprint density at radius 1 is 1.33 bits per heavy atom. The van der Waals surface area contributed by atoms with Gasteiger partial charge in [-0.05, 0) is 47.1 Å². The SMILES string of the molecule is Cc1nc2nc(SCC(=O)Nc3cc(Cl)ccc3Cl)[nH]c2cc1Br. The number of nitrogens with one attached hydrogen (secondary N) is 2. The molecule has 0 aliphatic carbocycles. The third kappa shape index (κ3) is 4.03. The van der Waals surface area contributed by atoms with Crippen LogP contribution in [0.15, 0.2) is 33.9 Å². The number of aryl methyl sites for hydroxylation is 1. The van der Waals surface area contributed by atoms with Crippen LogP contribution in [0.4, 0.5) is 5.69 Å². The zero-order valence-electron chi connectivity index (χ0n) is 12.4. The third-order valence-electron chi connectivity index (χ3n) is 3.12. The van der Waals surface area contributed by atoms with E-state index in [4.69, 9.17) is 23.2 Å². The Morgan fingerprint density at radius 3 is 2.92 bits per heavy atom. The lowest BCUT2D eigenvalue weighted by Crippen LogP contribution is -2.14. The number of imidazole rings is 1. The zero-order valence-corrected chi connectivity index (χ0v) is 16.3. The number of halogens is 3. The zero-order chi connectivity index (χ0) is 17.3. The molecule has 0 radical (unpaired) electrons. The smallest absolute Gasteiger partial charge is 0.234 e. The molecule has 1 aromatic carbocycles. The highest BCUT2D eigenvalue weighted by Gasteiger charge is 2.11. The van der Waals surface area contributed by atoms with E-state index in [1.54, 1.807) is 18.2 Å². The Kier molecular flexibility index (Phi) is 5.34. The average molecular weight is 446 g/mol. The van der Waals surface area contributed by atoms with E-state index >= 15 is 0 Å². The van der Waals surface area contributed by atoms with Crippen molar-refractivity contribution in [3.8, 4) is 0 Å². The van der Waals surface area contributed by atoms with Crippen LogP contribution in [0.3, 0.4) is 0 Å². The van der Waals surface area contributed by atoms with Crippen LogP contribution in [0.5, 0.6) is 0 Å². The number of anilines is 1. The van der Waals surface area contributed by atoms with Gasteiger partial charge in [-0.2, -0.15) is 0 Å². The number of rotatable bonds is 4. The molecule has 0 fully saturated rings. The van der Waals surface area contributed by atoms with Crippen molar-refractivity contribution in [1.29, 1.82) is 0 Å². The van der Waals surface area contributed by atoms with Gasteiger partial charge in [0.25, 0.3) is 0 Å². The van der Waals surface area contributed by atoms with E-state index in [-0.39, 0.29) is 11.7 Å². The van der Waals surface area contributed by atoms with Crippen LogP contribution in [0.1, 0.15) is 5.69 Å². The molecule has 0 aliphatic rings. The van der Waals surface area contributed by atoms with Gasteiger partial charge in [0.15, 0.2) is 10.8 Å². The number of benzene rings is 1. The molecule has 2 heterocycles. The number of thioether (sulfide) groups is 1. The Morgan fingerprint density at radius 2 is 2.12 bits per heavy atom. The summed E-state index contributed by atoms with van der Waals surface area (Å²) in [5, 5.41) is 4.30. The van der Waals surface area contributed by atoms with Gasteiger partial charge >= 0.3 is 0 Å². The van der Waals surface area contributed by atoms with Crippen LogP contribution in [0.2, 0.25) is 10.0 Å². The molecule has 1 amide bonds. The number of hydrogen-bond donors (Lipinski definition) is 2. The lowest BCUT2D eigenvalue weighted by molar-refractivity contribution is -0.113. The monoisotopic (exact) mass is 444 g/mol. The van der Waals surface area contributed by atoms with Gasteiger partial charge in [-0.3, -0.25) is 4.79 Å². The summed E-state index contributed by atoms with van der Waals surface area (Å²) in [5.41, 5.74) is 2.78. The molecule has 5 nitrogen and oxygen atoms in total. The molecular weight excluding hydrogens is 435 g/mol. The molecule has 9 heteroatoms. The minimum atomic E-state index is -0.199. The van der Waals surface area contributed by atoms with Crippen molar-refractivity contribution < 1.29 is 4.79 Å². The first-order valence-electron chi connectivity index (χ1n) is 6.83. The molecule has 2 aromatic heterocycles. The molecule has 3 aromatic rings. The summed E-state index contributed by atoms with van der Waals surface area (Å²) in [6, 6.07) is 6.83. The van der Waals surface area contributed by atoms with E-state index in [9.17, 15) is 4.79 Å². The number of aromatic amines is 1. The first kappa shape index (κ1) is 17.5. The van der Waals surface area contributed by atoms with Gasteiger partial charge in [0.05, 0.1) is 27.7 Å². The van der Waals surface area contributed by atoms with Crippen LogP contribution < -0.4 is 5.32 Å². The summed E-state index contributed by atoms with van der Waals surface area (Å²) in [6.07, 6.45) is 0. The fourth-order valence-corrected chi connectivity index (χ4v) is 3.29. The Balaban J connectivity index is 1.67. The van der Waals surface area contributed by atoms with Gasteiger partial charge in [0.2, 0.25) is 5.91 Å². The van der Waals surface area contributed by atoms with Gasteiger partial charge < -0.3 is 10.3 Å². The quantitative estimate of drug-likeness (QED) is 0.550.